The van der Waals surface area contributed by atoms with Crippen LogP contribution in [0.15, 0.2) is 85.3 Å². The molecule has 1 atom stereocenters. The summed E-state index contributed by atoms with van der Waals surface area (Å²) in [4.78, 5) is 14.2. The van der Waals surface area contributed by atoms with E-state index in [4.69, 9.17) is 9.47 Å². The maximum atomic E-state index is 12.5. The molecule has 11 heteroatoms. The lowest BCUT2D eigenvalue weighted by Crippen LogP contribution is -2.26. The normalized spacial score (nSPS) is 14.8. The molecule has 42 heavy (non-hydrogen) atoms. The van der Waals surface area contributed by atoms with Crippen LogP contribution < -0.4 is 15.0 Å². The minimum atomic E-state index is -0.344. The van der Waals surface area contributed by atoms with Crippen LogP contribution >= 0.6 is 0 Å². The average molecular weight is 565 g/mol. The van der Waals surface area contributed by atoms with Crippen molar-refractivity contribution < 1.29 is 14.3 Å². The van der Waals surface area contributed by atoms with Gasteiger partial charge in [-0.1, -0.05) is 52.9 Å². The lowest BCUT2D eigenvalue weighted by Gasteiger charge is -2.16. The molecule has 0 unspecified atom stereocenters. The molecule has 0 bridgehead atoms. The molecule has 0 saturated carbocycles. The van der Waals surface area contributed by atoms with Gasteiger partial charge in [-0.05, 0) is 59.0 Å². The molecule has 5 aromatic rings. The molecular weight excluding hydrogens is 532 g/mol. The van der Waals surface area contributed by atoms with Crippen molar-refractivity contribution in [3.8, 4) is 16.9 Å². The highest BCUT2D eigenvalue weighted by Gasteiger charge is 2.33. The molecule has 3 aromatic carbocycles. The highest BCUT2D eigenvalue weighted by molar-refractivity contribution is 5.90. The Morgan fingerprint density at radius 1 is 0.976 bits per heavy atom. The first-order valence-electron chi connectivity index (χ1n) is 13.8. The van der Waals surface area contributed by atoms with Crippen LogP contribution in [0.3, 0.4) is 0 Å². The number of methoxy groups -OCH3 is 1. The van der Waals surface area contributed by atoms with E-state index in [0.717, 1.165) is 45.9 Å². The third-order valence-corrected chi connectivity index (χ3v) is 7.35. The summed E-state index contributed by atoms with van der Waals surface area (Å²) in [5, 5.41) is 19.6. The summed E-state index contributed by atoms with van der Waals surface area (Å²) in [6.07, 6.45) is 4.55. The molecule has 6 rings (SSSR count). The van der Waals surface area contributed by atoms with Gasteiger partial charge in [-0.25, -0.2) is 14.2 Å². The molecule has 0 aliphatic carbocycles. The van der Waals surface area contributed by atoms with Crippen molar-refractivity contribution in [3.05, 3.63) is 108 Å². The van der Waals surface area contributed by atoms with Crippen LogP contribution in [0.5, 0.6) is 5.75 Å². The molecule has 214 valence electrons. The number of carbonyl (C=O) groups is 1. The maximum Gasteiger partial charge on any atom is 0.414 e. The number of hydrogen-bond donors (Lipinski definition) is 1. The molecule has 3 heterocycles. The number of carbonyl (C=O) groups excluding carboxylic acids is 1. The number of nitrogens with zero attached hydrogens (tertiary/aromatic N) is 7. The van der Waals surface area contributed by atoms with E-state index >= 15 is 0 Å². The van der Waals surface area contributed by atoms with Crippen molar-refractivity contribution in [3.63, 3.8) is 0 Å². The van der Waals surface area contributed by atoms with E-state index in [-0.39, 0.29) is 12.2 Å². The zero-order chi connectivity index (χ0) is 28.9. The molecule has 1 fully saturated rings. The van der Waals surface area contributed by atoms with E-state index in [0.29, 0.717) is 26.2 Å². The number of hydrogen-bond acceptors (Lipinski definition) is 8. The summed E-state index contributed by atoms with van der Waals surface area (Å²) >= 11 is 0. The summed E-state index contributed by atoms with van der Waals surface area (Å²) in [7, 11) is 1.66. The van der Waals surface area contributed by atoms with Crippen molar-refractivity contribution in [2.24, 2.45) is 0 Å². The zero-order valence-corrected chi connectivity index (χ0v) is 23.6. The Balaban J connectivity index is 1.03. The summed E-state index contributed by atoms with van der Waals surface area (Å²) in [6.45, 7) is 5.03. The summed E-state index contributed by atoms with van der Waals surface area (Å²) in [5.74, 6) is 0.834. The van der Waals surface area contributed by atoms with Crippen LogP contribution in [-0.4, -0.2) is 55.8 Å². The van der Waals surface area contributed by atoms with Gasteiger partial charge in [-0.15, -0.1) is 10.2 Å². The number of amides is 1. The highest BCUT2D eigenvalue weighted by atomic mass is 16.6. The molecule has 2 aromatic heterocycles. The molecule has 0 spiro atoms. The van der Waals surface area contributed by atoms with Crippen LogP contribution in [0.1, 0.15) is 22.4 Å². The minimum absolute atomic E-state index is 0.273. The fraction of sp³-hybridized carbons (Fsp3) is 0.258. The van der Waals surface area contributed by atoms with Gasteiger partial charge in [-0.3, -0.25) is 4.90 Å². The lowest BCUT2D eigenvalue weighted by molar-refractivity contribution is 0.129. The van der Waals surface area contributed by atoms with Crippen molar-refractivity contribution in [1.82, 2.24) is 35.3 Å². The minimum Gasteiger partial charge on any atom is -0.497 e. The molecule has 1 amide bonds. The molecule has 0 radical (unpaired) electrons. The maximum absolute atomic E-state index is 12.5. The first-order valence-corrected chi connectivity index (χ1v) is 13.8. The topological polar surface area (TPSA) is 112 Å². The second-order valence-corrected chi connectivity index (χ2v) is 10.3. The van der Waals surface area contributed by atoms with Gasteiger partial charge in [0.15, 0.2) is 0 Å². The number of rotatable bonds is 11. The SMILES string of the molecule is COc1ccc(Cn2nncc2CNCc2ccc(-c3ccc(N4C[C@H](Cn5ccnn5)OC4=O)cc3C)cc2)cc1. The van der Waals surface area contributed by atoms with Gasteiger partial charge in [0.2, 0.25) is 0 Å². The molecule has 1 saturated heterocycles. The monoisotopic (exact) mass is 564 g/mol. The number of aromatic nitrogens is 6. The fourth-order valence-electron chi connectivity index (χ4n) is 5.10. The third kappa shape index (κ3) is 6.16. The predicted molar refractivity (Wildman–Crippen MR) is 157 cm³/mol. The van der Waals surface area contributed by atoms with E-state index in [9.17, 15) is 4.79 Å². The van der Waals surface area contributed by atoms with Gasteiger partial charge < -0.3 is 14.8 Å². The van der Waals surface area contributed by atoms with E-state index in [1.807, 2.05) is 41.1 Å². The van der Waals surface area contributed by atoms with Crippen LogP contribution in [-0.2, 0) is 30.9 Å². The Morgan fingerprint density at radius 2 is 1.79 bits per heavy atom. The second-order valence-electron chi connectivity index (χ2n) is 10.3. The smallest absolute Gasteiger partial charge is 0.414 e. The Labute approximate surface area is 243 Å². The zero-order valence-electron chi connectivity index (χ0n) is 23.6. The first-order chi connectivity index (χ1) is 20.6. The number of nitrogens with one attached hydrogen (secondary N) is 1. The number of benzene rings is 3. The largest absolute Gasteiger partial charge is 0.497 e. The Bertz CT molecular complexity index is 1630. The summed E-state index contributed by atoms with van der Waals surface area (Å²) in [5.41, 5.74) is 7.49. The average Bonchev–Trinajstić information content (AvgIpc) is 3.76. The summed E-state index contributed by atoms with van der Waals surface area (Å²) < 4.78 is 14.4. The Morgan fingerprint density at radius 3 is 2.52 bits per heavy atom. The van der Waals surface area contributed by atoms with Gasteiger partial charge in [-0.2, -0.15) is 0 Å². The Kier molecular flexibility index (Phi) is 7.91. The van der Waals surface area contributed by atoms with Gasteiger partial charge in [0, 0.05) is 25.0 Å². The molecular formula is C31H32N8O3. The molecule has 1 aliphatic rings. The first kappa shape index (κ1) is 27.2. The van der Waals surface area contributed by atoms with Gasteiger partial charge in [0.25, 0.3) is 0 Å². The number of ether oxygens (including phenoxy) is 2. The van der Waals surface area contributed by atoms with E-state index < -0.39 is 0 Å². The van der Waals surface area contributed by atoms with E-state index in [1.54, 1.807) is 35.3 Å². The van der Waals surface area contributed by atoms with Gasteiger partial charge in [0.05, 0.1) is 44.8 Å². The highest BCUT2D eigenvalue weighted by Crippen LogP contribution is 2.30. The second kappa shape index (κ2) is 12.2. The quantitative estimate of drug-likeness (QED) is 0.254. The van der Waals surface area contributed by atoms with Crippen LogP contribution in [0.4, 0.5) is 10.5 Å². The third-order valence-electron chi connectivity index (χ3n) is 7.35. The van der Waals surface area contributed by atoms with Gasteiger partial charge in [0.1, 0.15) is 11.9 Å². The van der Waals surface area contributed by atoms with Crippen molar-refractivity contribution in [1.29, 1.82) is 0 Å². The predicted octanol–water partition coefficient (Wildman–Crippen LogP) is 4.22. The Hall–Kier alpha value is -5.03. The van der Waals surface area contributed by atoms with Gasteiger partial charge >= 0.3 is 6.09 Å². The van der Waals surface area contributed by atoms with Crippen molar-refractivity contribution in [2.45, 2.75) is 39.2 Å². The molecule has 11 nitrogen and oxygen atoms in total. The summed E-state index contributed by atoms with van der Waals surface area (Å²) in [6, 6.07) is 22.6. The lowest BCUT2D eigenvalue weighted by atomic mass is 9.98. The van der Waals surface area contributed by atoms with Crippen LogP contribution in [0, 0.1) is 6.92 Å². The van der Waals surface area contributed by atoms with Crippen molar-refractivity contribution in [2.75, 3.05) is 18.6 Å². The number of aryl methyl sites for hydroxylation is 1. The molecule has 1 aliphatic heterocycles. The van der Waals surface area contributed by atoms with Crippen LogP contribution in [0.25, 0.3) is 11.1 Å². The standard InChI is InChI=1S/C31H32N8O3/c1-22-15-26(38-21-29(42-31(38)40)20-37-14-13-33-35-37)9-12-30(22)25-7-3-23(4-8-25)16-32-17-27-18-34-36-39(27)19-24-5-10-28(41-2)11-6-24/h3-15,18,29,32H,16-17,19-21H2,1-2H3/t29-/m0/s1. The fourth-order valence-corrected chi connectivity index (χ4v) is 5.10. The number of anilines is 1. The van der Waals surface area contributed by atoms with Crippen LogP contribution in [0.2, 0.25) is 0 Å². The number of cyclic esters (lactones) is 1. The molecule has 1 N–H and O–H groups in total. The van der Waals surface area contributed by atoms with Crippen molar-refractivity contribution >= 4 is 11.8 Å². The van der Waals surface area contributed by atoms with E-state index in [2.05, 4.69) is 63.2 Å². The van der Waals surface area contributed by atoms with E-state index in [1.165, 1.54) is 5.56 Å².